The first-order chi connectivity index (χ1) is 15.1. The number of guanidine groups is 1. The fourth-order valence-electron chi connectivity index (χ4n) is 4.35. The topological polar surface area (TPSA) is 78.2 Å². The van der Waals surface area contributed by atoms with Crippen LogP contribution in [0.15, 0.2) is 41.7 Å². The van der Waals surface area contributed by atoms with Gasteiger partial charge in [0.25, 0.3) is 0 Å². The Morgan fingerprint density at radius 2 is 2.13 bits per heavy atom. The van der Waals surface area contributed by atoms with Gasteiger partial charge in [0.2, 0.25) is 5.91 Å². The van der Waals surface area contributed by atoms with Crippen LogP contribution in [0.1, 0.15) is 6.42 Å². The summed E-state index contributed by atoms with van der Waals surface area (Å²) < 4.78 is 7.23. The number of nitrogens with zero attached hydrogens (tertiary/aromatic N) is 6. The van der Waals surface area contributed by atoms with Crippen LogP contribution < -0.4 is 19.9 Å². The predicted molar refractivity (Wildman–Crippen MR) is 122 cm³/mol. The lowest BCUT2D eigenvalue weighted by Crippen LogP contribution is -2.55. The van der Waals surface area contributed by atoms with Crippen molar-refractivity contribution in [2.45, 2.75) is 6.42 Å². The number of nitrogens with one attached hydrogen (secondary N) is 1. The van der Waals surface area contributed by atoms with E-state index in [1.54, 1.807) is 29.9 Å². The molecule has 2 aliphatic heterocycles. The zero-order valence-corrected chi connectivity index (χ0v) is 18.5. The van der Waals surface area contributed by atoms with Gasteiger partial charge in [-0.1, -0.05) is 12.1 Å². The molecule has 2 saturated heterocycles. The number of benzene rings is 1. The maximum atomic E-state index is 12.7. The number of carbonyl (C=O) groups excluding carboxylic acids is 1. The molecule has 31 heavy (non-hydrogen) atoms. The first-order valence-electron chi connectivity index (χ1n) is 10.7. The van der Waals surface area contributed by atoms with E-state index in [0.717, 1.165) is 55.7 Å². The van der Waals surface area contributed by atoms with Crippen LogP contribution in [0.25, 0.3) is 0 Å². The molecule has 2 fully saturated rings. The number of hydrogen-bond donors (Lipinski definition) is 1. The Morgan fingerprint density at radius 1 is 1.29 bits per heavy atom. The van der Waals surface area contributed by atoms with E-state index in [4.69, 9.17) is 4.74 Å². The molecule has 0 aliphatic carbocycles. The maximum Gasteiger partial charge on any atom is 0.246 e. The van der Waals surface area contributed by atoms with Gasteiger partial charge in [-0.25, -0.2) is 0 Å². The summed E-state index contributed by atoms with van der Waals surface area (Å²) in [7, 11) is 5.34. The summed E-state index contributed by atoms with van der Waals surface area (Å²) in [5.74, 6) is 2.27. The first-order valence-corrected chi connectivity index (χ1v) is 10.7. The van der Waals surface area contributed by atoms with Crippen molar-refractivity contribution < 1.29 is 9.53 Å². The minimum Gasteiger partial charge on any atom is -0.495 e. The second-order valence-corrected chi connectivity index (χ2v) is 8.04. The summed E-state index contributed by atoms with van der Waals surface area (Å²) in [4.78, 5) is 23.3. The number of aryl methyl sites for hydroxylation is 1. The molecule has 9 heteroatoms. The van der Waals surface area contributed by atoms with Crippen molar-refractivity contribution in [2.75, 3.05) is 63.2 Å². The lowest BCUT2D eigenvalue weighted by atomic mass is 10.1. The number of amides is 1. The molecule has 4 rings (SSSR count). The minimum atomic E-state index is 0.0606. The number of methoxy groups -OCH3 is 1. The Balaban J connectivity index is 1.30. The lowest BCUT2D eigenvalue weighted by Gasteiger charge is -2.35. The Bertz CT molecular complexity index is 941. The van der Waals surface area contributed by atoms with Crippen molar-refractivity contribution in [1.82, 2.24) is 20.0 Å². The molecule has 1 N–H and O–H groups in total. The number of anilines is 2. The number of hydrogen-bond acceptors (Lipinski definition) is 5. The maximum absolute atomic E-state index is 12.7. The lowest BCUT2D eigenvalue weighted by molar-refractivity contribution is -0.120. The highest BCUT2D eigenvalue weighted by atomic mass is 16.5. The number of carbonyl (C=O) groups is 1. The number of rotatable bonds is 5. The van der Waals surface area contributed by atoms with E-state index in [9.17, 15) is 4.79 Å². The van der Waals surface area contributed by atoms with Gasteiger partial charge in [0.15, 0.2) is 5.96 Å². The van der Waals surface area contributed by atoms with Crippen LogP contribution in [-0.2, 0) is 11.8 Å². The molecular weight excluding hydrogens is 394 g/mol. The van der Waals surface area contributed by atoms with Crippen molar-refractivity contribution >= 4 is 23.2 Å². The molecule has 1 aromatic carbocycles. The van der Waals surface area contributed by atoms with E-state index in [0.29, 0.717) is 19.0 Å². The van der Waals surface area contributed by atoms with E-state index in [-0.39, 0.29) is 5.91 Å². The molecule has 0 saturated carbocycles. The number of piperazine rings is 1. The fourth-order valence-corrected chi connectivity index (χ4v) is 4.35. The number of ether oxygens (including phenoxy) is 1. The predicted octanol–water partition coefficient (Wildman–Crippen LogP) is 1.18. The molecule has 1 amide bonds. The minimum absolute atomic E-state index is 0.0606. The third-order valence-corrected chi connectivity index (χ3v) is 6.00. The molecule has 2 aliphatic rings. The van der Waals surface area contributed by atoms with E-state index in [1.807, 2.05) is 36.3 Å². The summed E-state index contributed by atoms with van der Waals surface area (Å²) in [6, 6.07) is 8.16. The van der Waals surface area contributed by atoms with Crippen LogP contribution in [0.3, 0.4) is 0 Å². The van der Waals surface area contributed by atoms with Crippen LogP contribution in [0.4, 0.5) is 11.4 Å². The average molecular weight is 426 g/mol. The van der Waals surface area contributed by atoms with Crippen LogP contribution in [0.5, 0.6) is 5.75 Å². The highest BCUT2D eigenvalue weighted by Gasteiger charge is 2.29. The third-order valence-electron chi connectivity index (χ3n) is 6.00. The molecule has 0 spiro atoms. The number of aliphatic imine (C=N–C) groups is 1. The number of aromatic nitrogens is 2. The van der Waals surface area contributed by atoms with Crippen LogP contribution in [-0.4, -0.2) is 80.0 Å². The monoisotopic (exact) mass is 425 g/mol. The van der Waals surface area contributed by atoms with Crippen molar-refractivity contribution in [3.8, 4) is 5.75 Å². The fraction of sp³-hybridized carbons (Fsp3) is 0.500. The van der Waals surface area contributed by atoms with Crippen LogP contribution in [0.2, 0.25) is 0 Å². The van der Waals surface area contributed by atoms with E-state index in [2.05, 4.69) is 26.4 Å². The van der Waals surface area contributed by atoms with Gasteiger partial charge in [-0.3, -0.25) is 14.5 Å². The van der Waals surface area contributed by atoms with Crippen molar-refractivity contribution in [1.29, 1.82) is 0 Å². The van der Waals surface area contributed by atoms with E-state index < -0.39 is 0 Å². The zero-order chi connectivity index (χ0) is 21.8. The normalized spacial score (nSPS) is 19.8. The molecule has 9 nitrogen and oxygen atoms in total. The molecular formula is C22H31N7O2. The highest BCUT2D eigenvalue weighted by Crippen LogP contribution is 2.31. The van der Waals surface area contributed by atoms with Crippen LogP contribution in [0, 0.1) is 5.92 Å². The Labute approximate surface area is 183 Å². The largest absolute Gasteiger partial charge is 0.495 e. The quantitative estimate of drug-likeness (QED) is 0.573. The molecule has 0 bridgehead atoms. The highest BCUT2D eigenvalue weighted by molar-refractivity contribution is 5.98. The molecule has 0 radical (unpaired) electrons. The zero-order valence-electron chi connectivity index (χ0n) is 18.5. The van der Waals surface area contributed by atoms with Gasteiger partial charge in [-0.15, -0.1) is 0 Å². The van der Waals surface area contributed by atoms with E-state index in [1.165, 1.54) is 0 Å². The smallest absolute Gasteiger partial charge is 0.246 e. The van der Waals surface area contributed by atoms with Gasteiger partial charge in [-0.2, -0.15) is 5.10 Å². The SMILES string of the molecule is CN=C(NCC1CCN(c2ccccc2OC)C1)N1CCN(c2cnn(C)c2)C(=O)C1. The van der Waals surface area contributed by atoms with Gasteiger partial charge >= 0.3 is 0 Å². The summed E-state index contributed by atoms with van der Waals surface area (Å²) in [5.41, 5.74) is 1.99. The summed E-state index contributed by atoms with van der Waals surface area (Å²) in [5, 5.41) is 7.66. The van der Waals surface area contributed by atoms with Gasteiger partial charge in [0.1, 0.15) is 12.3 Å². The molecule has 2 aromatic rings. The van der Waals surface area contributed by atoms with Gasteiger partial charge in [-0.05, 0) is 24.5 Å². The second kappa shape index (κ2) is 9.28. The summed E-state index contributed by atoms with van der Waals surface area (Å²) in [6.07, 6.45) is 4.71. The van der Waals surface area contributed by atoms with Crippen molar-refractivity contribution in [3.05, 3.63) is 36.7 Å². The Morgan fingerprint density at radius 3 is 2.84 bits per heavy atom. The van der Waals surface area contributed by atoms with Crippen molar-refractivity contribution in [2.24, 2.45) is 18.0 Å². The van der Waals surface area contributed by atoms with E-state index >= 15 is 0 Å². The molecule has 1 unspecified atom stereocenters. The Hall–Kier alpha value is -3.23. The van der Waals surface area contributed by atoms with Gasteiger partial charge in [0, 0.05) is 53.0 Å². The average Bonchev–Trinajstić information content (AvgIpc) is 3.43. The first kappa shape index (κ1) is 21.0. The Kier molecular flexibility index (Phi) is 6.29. The molecule has 3 heterocycles. The molecule has 1 atom stereocenters. The third kappa shape index (κ3) is 4.60. The van der Waals surface area contributed by atoms with Crippen molar-refractivity contribution in [3.63, 3.8) is 0 Å². The van der Waals surface area contributed by atoms with Gasteiger partial charge < -0.3 is 24.8 Å². The standard InChI is InChI=1S/C22H31N7O2/c1-23-22(28-10-11-29(21(30)16-28)18-13-25-26(2)15-18)24-12-17-8-9-27(14-17)19-6-4-5-7-20(19)31-3/h4-7,13,15,17H,8-12,14,16H2,1-3H3,(H,23,24). The van der Waals surface area contributed by atoms with Crippen LogP contribution >= 0.6 is 0 Å². The van der Waals surface area contributed by atoms with Gasteiger partial charge in [0.05, 0.1) is 24.7 Å². The summed E-state index contributed by atoms with van der Waals surface area (Å²) in [6.45, 7) is 4.47. The second-order valence-electron chi connectivity index (χ2n) is 8.04. The molecule has 166 valence electrons. The number of para-hydroxylation sites is 2. The molecule has 1 aromatic heterocycles. The summed E-state index contributed by atoms with van der Waals surface area (Å²) >= 11 is 0.